The van der Waals surface area contributed by atoms with Gasteiger partial charge >= 0.3 is 11.7 Å². The summed E-state index contributed by atoms with van der Waals surface area (Å²) in [6, 6.07) is 18.4. The summed E-state index contributed by atoms with van der Waals surface area (Å²) < 4.78 is 54.7. The van der Waals surface area contributed by atoms with Crippen LogP contribution < -0.4 is 16.1 Å². The number of nitrogens with two attached hydrogens (primary N) is 1. The first-order valence-corrected chi connectivity index (χ1v) is 15.6. The molecule has 4 N–H and O–H groups in total. The summed E-state index contributed by atoms with van der Waals surface area (Å²) in [7, 11) is -2.71. The Morgan fingerprint density at radius 2 is 1.73 bits per heavy atom. The lowest BCUT2D eigenvalue weighted by molar-refractivity contribution is -0.304. The Labute approximate surface area is 258 Å². The van der Waals surface area contributed by atoms with Crippen LogP contribution in [-0.2, 0) is 29.8 Å². The number of rotatable bonds is 8. The van der Waals surface area contributed by atoms with Crippen molar-refractivity contribution in [2.75, 3.05) is 7.11 Å². The Balaban J connectivity index is 1.45. The minimum Gasteiger partial charge on any atom is -0.507 e. The molecule has 238 valence electrons. The van der Waals surface area contributed by atoms with Gasteiger partial charge in [0.2, 0.25) is 6.29 Å². The van der Waals surface area contributed by atoms with Crippen LogP contribution >= 0.6 is 0 Å². The fraction of sp³-hybridized carbons (Fsp3) is 0.312. The summed E-state index contributed by atoms with van der Waals surface area (Å²) >= 11 is 0. The van der Waals surface area contributed by atoms with Gasteiger partial charge in [-0.25, -0.2) is 18.0 Å². The van der Waals surface area contributed by atoms with Gasteiger partial charge in [0.15, 0.2) is 22.0 Å². The maximum Gasteiger partial charge on any atom is 0.404 e. The first kappa shape index (κ1) is 32.0. The number of primary amides is 1. The maximum absolute atomic E-state index is 13.4. The van der Waals surface area contributed by atoms with Crippen LogP contribution in [0, 0.1) is 6.92 Å². The average Bonchev–Trinajstić information content (AvgIpc) is 2.99. The van der Waals surface area contributed by atoms with Crippen LogP contribution in [-0.4, -0.2) is 62.0 Å². The lowest BCUT2D eigenvalue weighted by Crippen LogP contribution is -2.65. The summed E-state index contributed by atoms with van der Waals surface area (Å²) in [6.07, 6.45) is -6.15. The number of fused-ring (bicyclic) bond motifs is 1. The minimum absolute atomic E-state index is 0.0222. The van der Waals surface area contributed by atoms with Crippen LogP contribution in [0.3, 0.4) is 0 Å². The van der Waals surface area contributed by atoms with Crippen LogP contribution in [0.1, 0.15) is 25.0 Å². The quantitative estimate of drug-likeness (QED) is 0.238. The topological polar surface area (TPSA) is 185 Å². The number of aromatic hydroxyl groups is 1. The monoisotopic (exact) mass is 639 g/mol. The highest BCUT2D eigenvalue weighted by Gasteiger charge is 2.53. The minimum atomic E-state index is -4.08. The van der Waals surface area contributed by atoms with E-state index in [4.69, 9.17) is 29.1 Å². The Kier molecular flexibility index (Phi) is 8.64. The van der Waals surface area contributed by atoms with Crippen LogP contribution in [0.25, 0.3) is 22.1 Å². The zero-order valence-corrected chi connectivity index (χ0v) is 25.7. The van der Waals surface area contributed by atoms with E-state index in [0.29, 0.717) is 5.56 Å². The Morgan fingerprint density at radius 1 is 1.04 bits per heavy atom. The molecule has 0 radical (unpaired) electrons. The first-order valence-electron chi connectivity index (χ1n) is 13.9. The molecule has 2 heterocycles. The van der Waals surface area contributed by atoms with E-state index in [9.17, 15) is 28.2 Å². The third kappa shape index (κ3) is 6.25. The largest absolute Gasteiger partial charge is 0.507 e. The summed E-state index contributed by atoms with van der Waals surface area (Å²) in [4.78, 5) is 24.6. The van der Waals surface area contributed by atoms with Gasteiger partial charge in [-0.15, -0.1) is 0 Å². The number of aliphatic hydroxyl groups excluding tert-OH is 1. The van der Waals surface area contributed by atoms with Gasteiger partial charge < -0.3 is 39.3 Å². The van der Waals surface area contributed by atoms with Gasteiger partial charge in [0.1, 0.15) is 23.2 Å². The third-order valence-electron chi connectivity index (χ3n) is 7.74. The van der Waals surface area contributed by atoms with E-state index in [0.717, 1.165) is 5.56 Å². The highest BCUT2D eigenvalue weighted by atomic mass is 32.2. The highest BCUT2D eigenvalue weighted by Crippen LogP contribution is 2.38. The molecule has 1 aliphatic heterocycles. The summed E-state index contributed by atoms with van der Waals surface area (Å²) in [5, 5.41) is 22.1. The van der Waals surface area contributed by atoms with Crippen molar-refractivity contribution in [3.8, 4) is 22.6 Å². The molecule has 0 saturated carbocycles. The number of hydrogen-bond acceptors (Lipinski definition) is 11. The maximum atomic E-state index is 13.4. The Hall–Kier alpha value is -4.43. The van der Waals surface area contributed by atoms with E-state index >= 15 is 0 Å². The number of carbonyl (C=O) groups excluding carboxylic acids is 1. The number of benzene rings is 3. The summed E-state index contributed by atoms with van der Waals surface area (Å²) in [6.45, 7) is 4.85. The molecule has 12 nitrogen and oxygen atoms in total. The van der Waals surface area contributed by atoms with Gasteiger partial charge in [0.05, 0.1) is 27.2 Å². The molecule has 1 saturated heterocycles. The zero-order chi connectivity index (χ0) is 32.7. The summed E-state index contributed by atoms with van der Waals surface area (Å²) in [5.41, 5.74) is 4.31. The number of methoxy groups -OCH3 is 1. The number of carbonyl (C=O) groups is 1. The van der Waals surface area contributed by atoms with Gasteiger partial charge in [-0.3, -0.25) is 0 Å². The molecule has 0 aliphatic carbocycles. The Morgan fingerprint density at radius 3 is 2.40 bits per heavy atom. The number of aryl methyl sites for hydroxylation is 1. The molecular formula is C32H33NO11S. The third-order valence-corrected chi connectivity index (χ3v) is 9.38. The van der Waals surface area contributed by atoms with E-state index in [-0.39, 0.29) is 27.2 Å². The highest BCUT2D eigenvalue weighted by molar-refractivity contribution is 7.90. The molecule has 13 heteroatoms. The van der Waals surface area contributed by atoms with E-state index in [1.54, 1.807) is 32.9 Å². The van der Waals surface area contributed by atoms with Crippen LogP contribution in [0.15, 0.2) is 80.8 Å². The van der Waals surface area contributed by atoms with Crippen molar-refractivity contribution in [2.24, 2.45) is 5.73 Å². The second-order valence-electron chi connectivity index (χ2n) is 11.2. The molecule has 0 spiro atoms. The lowest BCUT2D eigenvalue weighted by atomic mass is 9.89. The van der Waals surface area contributed by atoms with E-state index in [1.165, 1.54) is 31.4 Å². The van der Waals surface area contributed by atoms with Crippen molar-refractivity contribution in [1.29, 1.82) is 0 Å². The number of amides is 1. The lowest BCUT2D eigenvalue weighted by Gasteiger charge is -2.47. The van der Waals surface area contributed by atoms with Crippen molar-refractivity contribution >= 4 is 26.9 Å². The van der Waals surface area contributed by atoms with Gasteiger partial charge in [-0.2, -0.15) is 0 Å². The molecule has 4 atom stereocenters. The van der Waals surface area contributed by atoms with Crippen LogP contribution in [0.5, 0.6) is 11.5 Å². The smallest absolute Gasteiger partial charge is 0.404 e. The normalized spacial score (nSPS) is 21.4. The molecule has 1 fully saturated rings. The predicted molar refractivity (Wildman–Crippen MR) is 162 cm³/mol. The van der Waals surface area contributed by atoms with Gasteiger partial charge in [-0.05, 0) is 56.2 Å². The molecule has 3 aromatic carbocycles. The number of hydrogen-bond donors (Lipinski definition) is 3. The van der Waals surface area contributed by atoms with Crippen LogP contribution in [0.2, 0.25) is 0 Å². The van der Waals surface area contributed by atoms with Crippen LogP contribution in [0.4, 0.5) is 4.79 Å². The average molecular weight is 640 g/mol. The molecule has 5 rings (SSSR count). The molecule has 0 unspecified atom stereocenters. The first-order chi connectivity index (χ1) is 21.2. The summed E-state index contributed by atoms with van der Waals surface area (Å²) in [5.74, 6) is -1.24. The predicted octanol–water partition coefficient (Wildman–Crippen LogP) is 3.80. The standard InChI is InChI=1S/C32H33NO11S/c1-17-23(41-30-25(35)27(43-31(33)37)28(40-4)32(2,3)44-30)14-13-21-24(34)22(29(36)42-26(17)21)16-45(38,39)20-12-8-11-19(15-20)18-9-6-5-7-10-18/h5-15,25,27-28,30,34-35H,16H2,1-4H3,(H2,33,37)/t25-,27+,28-,30-/m1/s1. The van der Waals surface area contributed by atoms with E-state index in [2.05, 4.69) is 0 Å². The number of aliphatic hydroxyl groups is 1. The second-order valence-corrected chi connectivity index (χ2v) is 13.2. The number of sulfone groups is 1. The molecule has 45 heavy (non-hydrogen) atoms. The van der Waals surface area contributed by atoms with E-state index < -0.39 is 68.8 Å². The molecule has 0 bridgehead atoms. The van der Waals surface area contributed by atoms with Gasteiger partial charge in [0, 0.05) is 12.7 Å². The fourth-order valence-corrected chi connectivity index (χ4v) is 6.90. The number of ether oxygens (including phenoxy) is 4. The molecular weight excluding hydrogens is 606 g/mol. The van der Waals surface area contributed by atoms with E-state index in [1.807, 2.05) is 30.3 Å². The molecule has 1 aliphatic rings. The zero-order valence-electron chi connectivity index (χ0n) is 24.9. The van der Waals surface area contributed by atoms with Gasteiger partial charge in [-0.1, -0.05) is 42.5 Å². The van der Waals surface area contributed by atoms with Crippen molar-refractivity contribution in [2.45, 2.75) is 61.6 Å². The fourth-order valence-electron chi connectivity index (χ4n) is 5.50. The Bertz CT molecular complexity index is 1900. The molecule has 4 aromatic rings. The van der Waals surface area contributed by atoms with Crippen molar-refractivity contribution < 1.29 is 46.8 Å². The molecule has 1 amide bonds. The molecule has 1 aromatic heterocycles. The SMILES string of the molecule is CO[C@@H]1[C@@H](OC(N)=O)[C@@H](O)[C@H](Oc2ccc3c(O)c(CS(=O)(=O)c4cccc(-c5ccccc5)c4)c(=O)oc3c2C)OC1(C)C. The second kappa shape index (κ2) is 12.2. The van der Waals surface area contributed by atoms with Crippen molar-refractivity contribution in [3.63, 3.8) is 0 Å². The van der Waals surface area contributed by atoms with Crippen molar-refractivity contribution in [1.82, 2.24) is 0 Å². The van der Waals surface area contributed by atoms with Gasteiger partial charge in [0.25, 0.3) is 0 Å². The van der Waals surface area contributed by atoms with Crippen molar-refractivity contribution in [3.05, 3.63) is 88.3 Å².